The van der Waals surface area contributed by atoms with Gasteiger partial charge >= 0.3 is 0 Å². The first-order valence-electron chi connectivity index (χ1n) is 10.9. The first-order chi connectivity index (χ1) is 14.3. The quantitative estimate of drug-likeness (QED) is 0.524. The molecule has 5 heteroatoms. The number of benzene rings is 2. The van der Waals surface area contributed by atoms with Gasteiger partial charge in [0.05, 0.1) is 5.25 Å². The van der Waals surface area contributed by atoms with E-state index in [2.05, 4.69) is 31.0 Å². The molecule has 1 aliphatic rings. The van der Waals surface area contributed by atoms with E-state index in [4.69, 9.17) is 0 Å². The Balaban J connectivity index is 1.49. The van der Waals surface area contributed by atoms with Crippen molar-refractivity contribution >= 4 is 11.8 Å². The molecule has 2 aromatic carbocycles. The Labute approximate surface area is 184 Å². The van der Waals surface area contributed by atoms with E-state index in [0.29, 0.717) is 11.5 Å². The number of nitrogens with one attached hydrogen (secondary N) is 1. The molecule has 0 aromatic heterocycles. The molecule has 0 saturated carbocycles. The molecule has 0 spiro atoms. The highest BCUT2D eigenvalue weighted by molar-refractivity contribution is 7.99. The zero-order chi connectivity index (χ0) is 21.6. The van der Waals surface area contributed by atoms with E-state index in [1.807, 2.05) is 36.0 Å². The number of hydrogen-bond donors (Lipinski definition) is 1. The van der Waals surface area contributed by atoms with E-state index in [-0.39, 0.29) is 16.9 Å². The smallest absolute Gasteiger partial charge is 0.123 e. The molecule has 1 fully saturated rings. The highest BCUT2D eigenvalue weighted by Gasteiger charge is 2.22. The van der Waals surface area contributed by atoms with Crippen LogP contribution in [0.3, 0.4) is 0 Å². The van der Waals surface area contributed by atoms with Gasteiger partial charge in [-0.15, -0.1) is 11.8 Å². The Kier molecular flexibility index (Phi) is 8.32. The third-order valence-corrected chi connectivity index (χ3v) is 6.77. The Morgan fingerprint density at radius 2 is 1.43 bits per heavy atom. The van der Waals surface area contributed by atoms with Gasteiger partial charge in [0.2, 0.25) is 0 Å². The second kappa shape index (κ2) is 10.7. The summed E-state index contributed by atoms with van der Waals surface area (Å²) in [5.74, 6) is 0.476. The summed E-state index contributed by atoms with van der Waals surface area (Å²) in [6, 6.07) is 13.9. The summed E-state index contributed by atoms with van der Waals surface area (Å²) in [7, 11) is 0. The van der Waals surface area contributed by atoms with Crippen LogP contribution in [0.25, 0.3) is 0 Å². The van der Waals surface area contributed by atoms with Crippen LogP contribution in [-0.4, -0.2) is 42.9 Å². The lowest BCUT2D eigenvalue weighted by molar-refractivity contribution is 0.147. The Bertz CT molecular complexity index is 718. The summed E-state index contributed by atoms with van der Waals surface area (Å²) < 4.78 is 26.7. The molecule has 1 aliphatic heterocycles. The molecule has 164 valence electrons. The van der Waals surface area contributed by atoms with E-state index >= 15 is 0 Å². The summed E-state index contributed by atoms with van der Waals surface area (Å²) in [5, 5.41) is 3.78. The highest BCUT2D eigenvalue weighted by Crippen LogP contribution is 2.35. The summed E-state index contributed by atoms with van der Waals surface area (Å²) in [5.41, 5.74) is 2.44. The fraction of sp³-hybridized carbons (Fsp3) is 0.520. The third-order valence-electron chi connectivity index (χ3n) is 5.45. The highest BCUT2D eigenvalue weighted by atomic mass is 32.2. The van der Waals surface area contributed by atoms with E-state index in [0.717, 1.165) is 43.1 Å². The molecule has 3 rings (SSSR count). The zero-order valence-electron chi connectivity index (χ0n) is 18.3. The second-order valence-electron chi connectivity index (χ2n) is 9.42. The van der Waals surface area contributed by atoms with Crippen molar-refractivity contribution < 1.29 is 8.78 Å². The molecule has 1 N–H and O–H groups in total. The molecule has 0 radical (unpaired) electrons. The van der Waals surface area contributed by atoms with Crippen molar-refractivity contribution in [2.24, 2.45) is 5.41 Å². The molecule has 1 saturated heterocycles. The summed E-state index contributed by atoms with van der Waals surface area (Å²) in [6.07, 6.45) is 2.39. The molecule has 2 nitrogen and oxygen atoms in total. The third kappa shape index (κ3) is 7.36. The minimum absolute atomic E-state index is 0.0710. The van der Waals surface area contributed by atoms with Crippen molar-refractivity contribution in [1.82, 2.24) is 10.2 Å². The van der Waals surface area contributed by atoms with Crippen molar-refractivity contribution in [2.45, 2.75) is 44.9 Å². The van der Waals surface area contributed by atoms with Gasteiger partial charge in [-0.3, -0.25) is 0 Å². The van der Waals surface area contributed by atoms with Crippen LogP contribution in [0.1, 0.15) is 50.0 Å². The standard InChI is InChI=1S/C25H34F2N2S/c1-25(2,3)18-29-15-12-23(13-16-29)28-14-17-30-24(19-4-8-21(26)9-5-19)20-6-10-22(27)11-7-20/h4-11,23-24,28H,12-18H2,1-3H3. The molecular formula is C25H34F2N2S. The van der Waals surface area contributed by atoms with Crippen LogP contribution in [0.5, 0.6) is 0 Å². The number of halogens is 2. The van der Waals surface area contributed by atoms with Gasteiger partial charge in [0, 0.05) is 24.9 Å². The van der Waals surface area contributed by atoms with Gasteiger partial charge in [0.15, 0.2) is 0 Å². The lowest BCUT2D eigenvalue weighted by atomic mass is 9.94. The SMILES string of the molecule is CC(C)(C)CN1CCC(NCCSC(c2ccc(F)cc2)c2ccc(F)cc2)CC1. The molecule has 0 aliphatic carbocycles. The van der Waals surface area contributed by atoms with Crippen LogP contribution in [0.4, 0.5) is 8.78 Å². The second-order valence-corrected chi connectivity index (χ2v) is 10.6. The van der Waals surface area contributed by atoms with E-state index < -0.39 is 0 Å². The lowest BCUT2D eigenvalue weighted by Gasteiger charge is -2.36. The lowest BCUT2D eigenvalue weighted by Crippen LogP contribution is -2.45. The number of nitrogens with zero attached hydrogens (tertiary/aromatic N) is 1. The summed E-state index contributed by atoms with van der Waals surface area (Å²) in [6.45, 7) is 11.3. The van der Waals surface area contributed by atoms with Crippen LogP contribution in [0, 0.1) is 17.0 Å². The predicted molar refractivity (Wildman–Crippen MR) is 124 cm³/mol. The minimum atomic E-state index is -0.235. The first kappa shape index (κ1) is 23.2. The van der Waals surface area contributed by atoms with Crippen LogP contribution in [0.15, 0.2) is 48.5 Å². The van der Waals surface area contributed by atoms with Crippen molar-refractivity contribution in [2.75, 3.05) is 31.9 Å². The molecular weight excluding hydrogens is 398 g/mol. The molecule has 30 heavy (non-hydrogen) atoms. The first-order valence-corrected chi connectivity index (χ1v) is 11.9. The number of thioether (sulfide) groups is 1. The Morgan fingerprint density at radius 3 is 1.90 bits per heavy atom. The largest absolute Gasteiger partial charge is 0.313 e. The molecule has 0 atom stereocenters. The van der Waals surface area contributed by atoms with Crippen LogP contribution in [-0.2, 0) is 0 Å². The molecule has 1 heterocycles. The fourth-order valence-electron chi connectivity index (χ4n) is 4.07. The maximum atomic E-state index is 13.4. The van der Waals surface area contributed by atoms with Crippen molar-refractivity contribution in [3.63, 3.8) is 0 Å². The summed E-state index contributed by atoms with van der Waals surface area (Å²) in [4.78, 5) is 2.58. The Morgan fingerprint density at radius 1 is 0.933 bits per heavy atom. The maximum absolute atomic E-state index is 13.4. The predicted octanol–water partition coefficient (Wildman–Crippen LogP) is 5.89. The van der Waals surface area contributed by atoms with Gasteiger partial charge in [-0.05, 0) is 66.7 Å². The molecule has 2 aromatic rings. The Hall–Kier alpha value is -1.43. The number of piperidine rings is 1. The van der Waals surface area contributed by atoms with Gasteiger partial charge in [0.25, 0.3) is 0 Å². The maximum Gasteiger partial charge on any atom is 0.123 e. The van der Waals surface area contributed by atoms with Crippen LogP contribution in [0.2, 0.25) is 0 Å². The molecule has 0 bridgehead atoms. The zero-order valence-corrected chi connectivity index (χ0v) is 19.2. The van der Waals surface area contributed by atoms with Gasteiger partial charge in [-0.1, -0.05) is 45.0 Å². The van der Waals surface area contributed by atoms with Gasteiger partial charge in [0.1, 0.15) is 11.6 Å². The van der Waals surface area contributed by atoms with Crippen LogP contribution >= 0.6 is 11.8 Å². The average Bonchev–Trinajstić information content (AvgIpc) is 2.70. The number of likely N-dealkylation sites (tertiary alicyclic amines) is 1. The summed E-state index contributed by atoms with van der Waals surface area (Å²) >= 11 is 1.82. The monoisotopic (exact) mass is 432 g/mol. The van der Waals surface area contributed by atoms with E-state index in [9.17, 15) is 8.78 Å². The normalized spacial score (nSPS) is 16.3. The molecule has 0 unspecified atom stereocenters. The average molecular weight is 433 g/mol. The van der Waals surface area contributed by atoms with Crippen LogP contribution < -0.4 is 5.32 Å². The van der Waals surface area contributed by atoms with E-state index in [1.54, 1.807) is 0 Å². The number of hydrogen-bond acceptors (Lipinski definition) is 3. The van der Waals surface area contributed by atoms with Crippen molar-refractivity contribution in [1.29, 1.82) is 0 Å². The number of rotatable bonds is 8. The topological polar surface area (TPSA) is 15.3 Å². The fourth-order valence-corrected chi connectivity index (χ4v) is 5.24. The van der Waals surface area contributed by atoms with Gasteiger partial charge in [-0.25, -0.2) is 8.78 Å². The van der Waals surface area contributed by atoms with Gasteiger partial charge in [-0.2, -0.15) is 0 Å². The van der Waals surface area contributed by atoms with Crippen molar-refractivity contribution in [3.8, 4) is 0 Å². The van der Waals surface area contributed by atoms with E-state index in [1.165, 1.54) is 37.1 Å². The minimum Gasteiger partial charge on any atom is -0.313 e. The molecule has 0 amide bonds. The van der Waals surface area contributed by atoms with Gasteiger partial charge < -0.3 is 10.2 Å². The van der Waals surface area contributed by atoms with Crippen molar-refractivity contribution in [3.05, 3.63) is 71.3 Å².